The lowest BCUT2D eigenvalue weighted by Gasteiger charge is -2.20. The lowest BCUT2D eigenvalue weighted by atomic mass is 9.85. The van der Waals surface area contributed by atoms with Crippen molar-refractivity contribution < 1.29 is 0 Å². The predicted molar refractivity (Wildman–Crippen MR) is 112 cm³/mol. The van der Waals surface area contributed by atoms with Gasteiger partial charge in [-0.1, -0.05) is 94.8 Å². The van der Waals surface area contributed by atoms with E-state index in [0.717, 1.165) is 0 Å². The largest absolute Gasteiger partial charge is 0.0654 e. The Balaban J connectivity index is 1.95. The smallest absolute Gasteiger partial charge is 0.0143 e. The standard InChI is InChI=1S/C25H32/c1-3-5-7-8-13-20(12-6-4-2)24-17-11-16-23-18-21-14-9-10-15-22(21)19-25(23)24/h9-11,14-20H,3-8,12-13H2,1-2H3. The van der Waals surface area contributed by atoms with Crippen molar-refractivity contribution in [2.45, 2.75) is 71.1 Å². The molecule has 25 heavy (non-hydrogen) atoms. The average molecular weight is 333 g/mol. The molecule has 0 aliphatic rings. The monoisotopic (exact) mass is 332 g/mol. The zero-order chi connectivity index (χ0) is 17.5. The van der Waals surface area contributed by atoms with Gasteiger partial charge < -0.3 is 0 Å². The molecule has 0 bridgehead atoms. The minimum absolute atomic E-state index is 0.710. The molecule has 0 aromatic heterocycles. The molecular weight excluding hydrogens is 300 g/mol. The molecule has 0 radical (unpaired) electrons. The Bertz CT molecular complexity index is 799. The normalized spacial score (nSPS) is 12.7. The van der Waals surface area contributed by atoms with Gasteiger partial charge in [0.1, 0.15) is 0 Å². The van der Waals surface area contributed by atoms with Crippen LogP contribution in [-0.2, 0) is 0 Å². The van der Waals surface area contributed by atoms with E-state index in [1.54, 1.807) is 5.56 Å². The van der Waals surface area contributed by atoms with E-state index in [1.165, 1.54) is 72.9 Å². The highest BCUT2D eigenvalue weighted by Gasteiger charge is 2.14. The molecule has 1 atom stereocenters. The van der Waals surface area contributed by atoms with Gasteiger partial charge in [0.2, 0.25) is 0 Å². The summed E-state index contributed by atoms with van der Waals surface area (Å²) in [5.41, 5.74) is 1.58. The maximum absolute atomic E-state index is 2.42. The highest BCUT2D eigenvalue weighted by atomic mass is 14.2. The molecule has 1 unspecified atom stereocenters. The van der Waals surface area contributed by atoms with Crippen molar-refractivity contribution in [2.75, 3.05) is 0 Å². The van der Waals surface area contributed by atoms with Crippen LogP contribution in [0.25, 0.3) is 21.5 Å². The quantitative estimate of drug-likeness (QED) is 0.273. The molecule has 3 aromatic rings. The van der Waals surface area contributed by atoms with E-state index in [1.807, 2.05) is 0 Å². The summed E-state index contributed by atoms with van der Waals surface area (Å²) < 4.78 is 0. The van der Waals surface area contributed by atoms with Crippen LogP contribution in [0.2, 0.25) is 0 Å². The number of unbranched alkanes of at least 4 members (excludes halogenated alkanes) is 4. The summed E-state index contributed by atoms with van der Waals surface area (Å²) in [7, 11) is 0. The Kier molecular flexibility index (Phi) is 6.50. The number of rotatable bonds is 9. The summed E-state index contributed by atoms with van der Waals surface area (Å²) in [5.74, 6) is 0.710. The second-order valence-electron chi connectivity index (χ2n) is 7.46. The van der Waals surface area contributed by atoms with Crippen LogP contribution >= 0.6 is 0 Å². The fourth-order valence-electron chi connectivity index (χ4n) is 4.07. The molecule has 0 heterocycles. The number of benzene rings is 3. The fraction of sp³-hybridized carbons (Fsp3) is 0.440. The van der Waals surface area contributed by atoms with Gasteiger partial charge in [-0.2, -0.15) is 0 Å². The minimum atomic E-state index is 0.710. The molecular formula is C25H32. The summed E-state index contributed by atoms with van der Waals surface area (Å²) in [4.78, 5) is 0. The second kappa shape index (κ2) is 9.04. The van der Waals surface area contributed by atoms with Crippen molar-refractivity contribution in [3.8, 4) is 0 Å². The van der Waals surface area contributed by atoms with Crippen LogP contribution in [0.15, 0.2) is 54.6 Å². The second-order valence-corrected chi connectivity index (χ2v) is 7.46. The first kappa shape index (κ1) is 18.0. The van der Waals surface area contributed by atoms with E-state index in [2.05, 4.69) is 68.4 Å². The zero-order valence-corrected chi connectivity index (χ0v) is 15.9. The minimum Gasteiger partial charge on any atom is -0.0654 e. The fourth-order valence-corrected chi connectivity index (χ4v) is 4.07. The Morgan fingerprint density at radius 1 is 0.640 bits per heavy atom. The van der Waals surface area contributed by atoms with E-state index in [4.69, 9.17) is 0 Å². The van der Waals surface area contributed by atoms with Crippen LogP contribution in [0.4, 0.5) is 0 Å². The SMILES string of the molecule is CCCCCCC(CCCC)c1cccc2cc3ccccc3cc12. The van der Waals surface area contributed by atoms with Crippen LogP contribution in [0, 0.1) is 0 Å². The molecule has 0 saturated carbocycles. The van der Waals surface area contributed by atoms with Gasteiger partial charge in [0, 0.05) is 0 Å². The summed E-state index contributed by atoms with van der Waals surface area (Å²) in [5, 5.41) is 5.58. The van der Waals surface area contributed by atoms with Gasteiger partial charge in [0.15, 0.2) is 0 Å². The highest BCUT2D eigenvalue weighted by molar-refractivity contribution is 5.99. The van der Waals surface area contributed by atoms with E-state index < -0.39 is 0 Å². The summed E-state index contributed by atoms with van der Waals surface area (Å²) in [6, 6.07) is 20.5. The molecule has 0 amide bonds. The summed E-state index contributed by atoms with van der Waals surface area (Å²) in [6.07, 6.45) is 10.7. The first-order valence-corrected chi connectivity index (χ1v) is 10.2. The van der Waals surface area contributed by atoms with Crippen molar-refractivity contribution in [3.05, 3.63) is 60.2 Å². The van der Waals surface area contributed by atoms with Crippen molar-refractivity contribution in [3.63, 3.8) is 0 Å². The van der Waals surface area contributed by atoms with Crippen LogP contribution in [0.1, 0.15) is 76.7 Å². The Labute approximate surface area is 153 Å². The van der Waals surface area contributed by atoms with Crippen molar-refractivity contribution in [1.29, 1.82) is 0 Å². The third-order valence-electron chi connectivity index (χ3n) is 5.53. The van der Waals surface area contributed by atoms with Crippen molar-refractivity contribution >= 4 is 21.5 Å². The summed E-state index contributed by atoms with van der Waals surface area (Å²) >= 11 is 0. The van der Waals surface area contributed by atoms with Crippen molar-refractivity contribution in [2.24, 2.45) is 0 Å². The van der Waals surface area contributed by atoms with Crippen LogP contribution in [-0.4, -0.2) is 0 Å². The van der Waals surface area contributed by atoms with Gasteiger partial charge in [0.05, 0.1) is 0 Å². The third kappa shape index (κ3) is 4.42. The molecule has 3 aromatic carbocycles. The third-order valence-corrected chi connectivity index (χ3v) is 5.53. The molecule has 0 aliphatic heterocycles. The van der Waals surface area contributed by atoms with Crippen LogP contribution < -0.4 is 0 Å². The number of fused-ring (bicyclic) bond motifs is 2. The van der Waals surface area contributed by atoms with Crippen LogP contribution in [0.3, 0.4) is 0 Å². The topological polar surface area (TPSA) is 0 Å². The lowest BCUT2D eigenvalue weighted by molar-refractivity contribution is 0.511. The molecule has 0 fully saturated rings. The van der Waals surface area contributed by atoms with E-state index >= 15 is 0 Å². The highest BCUT2D eigenvalue weighted by Crippen LogP contribution is 2.35. The molecule has 0 aliphatic carbocycles. The molecule has 0 N–H and O–H groups in total. The average Bonchev–Trinajstić information content (AvgIpc) is 2.65. The lowest BCUT2D eigenvalue weighted by Crippen LogP contribution is -2.01. The van der Waals surface area contributed by atoms with Gasteiger partial charge in [-0.15, -0.1) is 0 Å². The summed E-state index contributed by atoms with van der Waals surface area (Å²) in [6.45, 7) is 4.61. The molecule has 3 rings (SSSR count). The Hall–Kier alpha value is -1.82. The number of hydrogen-bond donors (Lipinski definition) is 0. The maximum Gasteiger partial charge on any atom is -0.0143 e. The molecule has 0 nitrogen and oxygen atoms in total. The molecule has 132 valence electrons. The Morgan fingerprint density at radius 2 is 1.32 bits per heavy atom. The van der Waals surface area contributed by atoms with Gasteiger partial charge >= 0.3 is 0 Å². The number of hydrogen-bond acceptors (Lipinski definition) is 0. The Morgan fingerprint density at radius 3 is 2.08 bits per heavy atom. The van der Waals surface area contributed by atoms with Gasteiger partial charge in [0.25, 0.3) is 0 Å². The predicted octanol–water partition coefficient (Wildman–Crippen LogP) is 8.24. The van der Waals surface area contributed by atoms with E-state index in [9.17, 15) is 0 Å². The molecule has 0 spiro atoms. The zero-order valence-electron chi connectivity index (χ0n) is 15.9. The van der Waals surface area contributed by atoms with E-state index in [-0.39, 0.29) is 0 Å². The first-order chi connectivity index (χ1) is 12.3. The van der Waals surface area contributed by atoms with Gasteiger partial charge in [-0.05, 0) is 58.0 Å². The van der Waals surface area contributed by atoms with Gasteiger partial charge in [-0.3, -0.25) is 0 Å². The van der Waals surface area contributed by atoms with Crippen LogP contribution in [0.5, 0.6) is 0 Å². The first-order valence-electron chi connectivity index (χ1n) is 10.2. The van der Waals surface area contributed by atoms with Gasteiger partial charge in [-0.25, -0.2) is 0 Å². The van der Waals surface area contributed by atoms with E-state index in [0.29, 0.717) is 5.92 Å². The van der Waals surface area contributed by atoms with Crippen molar-refractivity contribution in [1.82, 2.24) is 0 Å². The molecule has 0 heteroatoms. The maximum atomic E-state index is 2.42. The molecule has 0 saturated heterocycles.